The van der Waals surface area contributed by atoms with E-state index in [2.05, 4.69) is 5.16 Å². The maximum atomic E-state index is 12.6. The number of nitrogens with zero attached hydrogens (tertiary/aromatic N) is 2. The summed E-state index contributed by atoms with van der Waals surface area (Å²) in [7, 11) is 0. The number of hydrogen-bond acceptors (Lipinski definition) is 4. The number of carbonyl (C=O) groups is 2. The van der Waals surface area contributed by atoms with Gasteiger partial charge < -0.3 is 15.2 Å². The van der Waals surface area contributed by atoms with Crippen molar-refractivity contribution in [3.8, 4) is 11.3 Å². The van der Waals surface area contributed by atoms with Crippen molar-refractivity contribution in [3.05, 3.63) is 41.6 Å². The van der Waals surface area contributed by atoms with Crippen LogP contribution < -0.4 is 5.73 Å². The number of piperidine rings is 1. The molecule has 1 aromatic heterocycles. The molecule has 2 heterocycles. The smallest absolute Gasteiger partial charge is 0.276 e. The zero-order valence-corrected chi connectivity index (χ0v) is 13.7. The summed E-state index contributed by atoms with van der Waals surface area (Å²) < 4.78 is 5.36. The average Bonchev–Trinajstić information content (AvgIpc) is 3.04. The van der Waals surface area contributed by atoms with Crippen LogP contribution in [0, 0.1) is 12.8 Å². The molecule has 1 saturated heterocycles. The number of carbonyl (C=O) groups excluding carboxylic acids is 2. The van der Waals surface area contributed by atoms with Crippen LogP contribution >= 0.6 is 0 Å². The summed E-state index contributed by atoms with van der Waals surface area (Å²) in [4.78, 5) is 25.5. The van der Waals surface area contributed by atoms with Crippen molar-refractivity contribution in [3.63, 3.8) is 0 Å². The number of likely N-dealkylation sites (tertiary alicyclic amines) is 1. The van der Waals surface area contributed by atoms with E-state index in [0.717, 1.165) is 24.0 Å². The Kier molecular flexibility index (Phi) is 4.64. The lowest BCUT2D eigenvalue weighted by Gasteiger charge is -2.31. The lowest BCUT2D eigenvalue weighted by molar-refractivity contribution is -0.119. The van der Waals surface area contributed by atoms with Crippen LogP contribution in [0.1, 0.15) is 35.3 Å². The third kappa shape index (κ3) is 3.48. The van der Waals surface area contributed by atoms with Crippen LogP contribution in [0.5, 0.6) is 0 Å². The molecule has 0 spiro atoms. The highest BCUT2D eigenvalue weighted by Gasteiger charge is 2.27. The van der Waals surface area contributed by atoms with Crippen LogP contribution in [0.25, 0.3) is 11.3 Å². The van der Waals surface area contributed by atoms with E-state index in [9.17, 15) is 9.59 Å². The maximum absolute atomic E-state index is 12.6. The van der Waals surface area contributed by atoms with Gasteiger partial charge in [0.2, 0.25) is 5.91 Å². The summed E-state index contributed by atoms with van der Waals surface area (Å²) >= 11 is 0. The van der Waals surface area contributed by atoms with Crippen LogP contribution in [-0.2, 0) is 4.79 Å². The summed E-state index contributed by atoms with van der Waals surface area (Å²) in [6.45, 7) is 3.19. The van der Waals surface area contributed by atoms with Gasteiger partial charge in [0, 0.05) is 31.1 Å². The molecule has 1 fully saturated rings. The first-order valence-electron chi connectivity index (χ1n) is 8.15. The highest BCUT2D eigenvalue weighted by atomic mass is 16.5. The molecule has 3 rings (SSSR count). The van der Waals surface area contributed by atoms with Gasteiger partial charge in [0.15, 0.2) is 11.5 Å². The lowest BCUT2D eigenvalue weighted by atomic mass is 9.94. The second-order valence-corrected chi connectivity index (χ2v) is 6.32. The number of primary amides is 1. The van der Waals surface area contributed by atoms with Crippen molar-refractivity contribution in [1.82, 2.24) is 10.1 Å². The number of aryl methyl sites for hydroxylation is 1. The minimum atomic E-state index is -0.322. The van der Waals surface area contributed by atoms with Crippen LogP contribution in [0.15, 0.2) is 34.9 Å². The van der Waals surface area contributed by atoms with Gasteiger partial charge in [-0.2, -0.15) is 0 Å². The molecule has 2 N–H and O–H groups in total. The average molecular weight is 327 g/mol. The van der Waals surface area contributed by atoms with Gasteiger partial charge in [0.1, 0.15) is 0 Å². The molecule has 0 aliphatic carbocycles. The number of aromatic nitrogens is 1. The largest absolute Gasteiger partial charge is 0.370 e. The van der Waals surface area contributed by atoms with Crippen LogP contribution in [-0.4, -0.2) is 35.0 Å². The molecule has 126 valence electrons. The molecule has 2 aromatic rings. The molecule has 6 heteroatoms. The SMILES string of the molecule is Cc1ccccc1-c1cc(C(=O)N2CCCC(CC(N)=O)C2)no1. The first kappa shape index (κ1) is 16.2. The minimum absolute atomic E-state index is 0.128. The summed E-state index contributed by atoms with van der Waals surface area (Å²) in [6.07, 6.45) is 2.10. The molecule has 24 heavy (non-hydrogen) atoms. The van der Waals surface area contributed by atoms with Gasteiger partial charge in [-0.15, -0.1) is 0 Å². The zero-order valence-electron chi connectivity index (χ0n) is 13.7. The Morgan fingerprint density at radius 3 is 2.92 bits per heavy atom. The predicted octanol–water partition coefficient (Wildman–Crippen LogP) is 2.38. The molecule has 2 amide bonds. The molecule has 0 radical (unpaired) electrons. The molecule has 1 aliphatic heterocycles. The number of rotatable bonds is 4. The van der Waals surface area contributed by atoms with Crippen LogP contribution in [0.4, 0.5) is 0 Å². The first-order valence-corrected chi connectivity index (χ1v) is 8.15. The third-order valence-corrected chi connectivity index (χ3v) is 4.44. The molecule has 1 aliphatic rings. The summed E-state index contributed by atoms with van der Waals surface area (Å²) in [6, 6.07) is 9.48. The topological polar surface area (TPSA) is 89.4 Å². The molecule has 0 saturated carbocycles. The Balaban J connectivity index is 1.74. The molecule has 6 nitrogen and oxygen atoms in total. The Morgan fingerprint density at radius 1 is 1.38 bits per heavy atom. The van der Waals surface area contributed by atoms with Gasteiger partial charge in [0.05, 0.1) is 0 Å². The van der Waals surface area contributed by atoms with E-state index in [0.29, 0.717) is 31.0 Å². The lowest BCUT2D eigenvalue weighted by Crippen LogP contribution is -2.41. The molecule has 1 unspecified atom stereocenters. The summed E-state index contributed by atoms with van der Waals surface area (Å²) in [5, 5.41) is 3.94. The molecule has 1 atom stereocenters. The highest BCUT2D eigenvalue weighted by molar-refractivity contribution is 5.93. The number of nitrogens with two attached hydrogens (primary N) is 1. The van der Waals surface area contributed by atoms with Crippen LogP contribution in [0.3, 0.4) is 0 Å². The van der Waals surface area contributed by atoms with Crippen molar-refractivity contribution < 1.29 is 14.1 Å². The second kappa shape index (κ2) is 6.86. The second-order valence-electron chi connectivity index (χ2n) is 6.32. The van der Waals surface area contributed by atoms with Gasteiger partial charge in [0.25, 0.3) is 5.91 Å². The Morgan fingerprint density at radius 2 is 2.17 bits per heavy atom. The predicted molar refractivity (Wildman–Crippen MR) is 89.1 cm³/mol. The van der Waals surface area contributed by atoms with Crippen LogP contribution in [0.2, 0.25) is 0 Å². The van der Waals surface area contributed by atoms with Gasteiger partial charge in [-0.05, 0) is 31.2 Å². The van der Waals surface area contributed by atoms with E-state index in [-0.39, 0.29) is 17.7 Å². The Bertz CT molecular complexity index is 753. The molecule has 1 aromatic carbocycles. The van der Waals surface area contributed by atoms with E-state index in [4.69, 9.17) is 10.3 Å². The van der Waals surface area contributed by atoms with E-state index in [1.165, 1.54) is 0 Å². The van der Waals surface area contributed by atoms with Gasteiger partial charge >= 0.3 is 0 Å². The van der Waals surface area contributed by atoms with E-state index in [1.807, 2.05) is 31.2 Å². The van der Waals surface area contributed by atoms with E-state index < -0.39 is 0 Å². The van der Waals surface area contributed by atoms with Crippen molar-refractivity contribution in [2.45, 2.75) is 26.2 Å². The Labute approximate surface area is 140 Å². The van der Waals surface area contributed by atoms with Gasteiger partial charge in [-0.25, -0.2) is 0 Å². The fourth-order valence-electron chi connectivity index (χ4n) is 3.21. The minimum Gasteiger partial charge on any atom is -0.370 e. The monoisotopic (exact) mass is 327 g/mol. The number of benzene rings is 1. The van der Waals surface area contributed by atoms with E-state index >= 15 is 0 Å². The first-order chi connectivity index (χ1) is 11.5. The molecular formula is C18H21N3O3. The maximum Gasteiger partial charge on any atom is 0.276 e. The van der Waals surface area contributed by atoms with Crippen molar-refractivity contribution in [2.75, 3.05) is 13.1 Å². The summed E-state index contributed by atoms with van der Waals surface area (Å²) in [5.41, 5.74) is 7.55. The standard InChI is InChI=1S/C18H21N3O3/c1-12-5-2-3-7-14(12)16-10-15(20-24-16)18(23)21-8-4-6-13(11-21)9-17(19)22/h2-3,5,7,10,13H,4,6,8-9,11H2,1H3,(H2,19,22). The number of hydrogen-bond donors (Lipinski definition) is 1. The Hall–Kier alpha value is -2.63. The fraction of sp³-hybridized carbons (Fsp3) is 0.389. The third-order valence-electron chi connectivity index (χ3n) is 4.44. The molecule has 0 bridgehead atoms. The highest BCUT2D eigenvalue weighted by Crippen LogP contribution is 2.25. The van der Waals surface area contributed by atoms with Gasteiger partial charge in [-0.3, -0.25) is 9.59 Å². The number of amides is 2. The van der Waals surface area contributed by atoms with Crippen molar-refractivity contribution in [2.24, 2.45) is 11.7 Å². The normalized spacial score (nSPS) is 17.7. The quantitative estimate of drug-likeness (QED) is 0.933. The van der Waals surface area contributed by atoms with Gasteiger partial charge in [-0.1, -0.05) is 29.4 Å². The molecular weight excluding hydrogens is 306 g/mol. The fourth-order valence-corrected chi connectivity index (χ4v) is 3.21. The van der Waals surface area contributed by atoms with E-state index in [1.54, 1.807) is 11.0 Å². The summed E-state index contributed by atoms with van der Waals surface area (Å²) in [5.74, 6) is 0.232. The van der Waals surface area contributed by atoms with Crippen molar-refractivity contribution in [1.29, 1.82) is 0 Å². The zero-order chi connectivity index (χ0) is 17.1. The van der Waals surface area contributed by atoms with Crippen molar-refractivity contribution >= 4 is 11.8 Å².